The van der Waals surface area contributed by atoms with Crippen LogP contribution in [0.15, 0.2) is 0 Å². The second kappa shape index (κ2) is 8.48. The highest BCUT2D eigenvalue weighted by atomic mass is 16.5. The van der Waals surface area contributed by atoms with E-state index in [1.807, 2.05) is 0 Å². The molecule has 2 unspecified atom stereocenters. The van der Waals surface area contributed by atoms with Gasteiger partial charge < -0.3 is 16.2 Å². The van der Waals surface area contributed by atoms with Gasteiger partial charge in [0.2, 0.25) is 0 Å². The number of hydrogen-bond acceptors (Lipinski definition) is 3. The Balaban J connectivity index is 3.60. The predicted molar refractivity (Wildman–Crippen MR) is 56.6 cm³/mol. The van der Waals surface area contributed by atoms with Crippen molar-refractivity contribution in [1.82, 2.24) is 0 Å². The Labute approximate surface area is 81.8 Å². The molecule has 3 heteroatoms. The van der Waals surface area contributed by atoms with Crippen LogP contribution in [0.2, 0.25) is 0 Å². The minimum absolute atomic E-state index is 0.104. The summed E-state index contributed by atoms with van der Waals surface area (Å²) < 4.78 is 5.67. The molecule has 0 rings (SSSR count). The van der Waals surface area contributed by atoms with Crippen molar-refractivity contribution in [3.8, 4) is 0 Å². The summed E-state index contributed by atoms with van der Waals surface area (Å²) in [4.78, 5) is 0. The third-order valence-corrected chi connectivity index (χ3v) is 2.21. The van der Waals surface area contributed by atoms with Gasteiger partial charge in [-0.1, -0.05) is 20.3 Å². The first-order valence-corrected chi connectivity index (χ1v) is 5.33. The highest BCUT2D eigenvalue weighted by Gasteiger charge is 2.14. The molecule has 0 radical (unpaired) electrons. The maximum Gasteiger partial charge on any atom is 0.0723 e. The Kier molecular flexibility index (Phi) is 8.40. The van der Waals surface area contributed by atoms with Gasteiger partial charge in [-0.3, -0.25) is 0 Å². The topological polar surface area (TPSA) is 61.3 Å². The first kappa shape index (κ1) is 12.9. The molecule has 0 aliphatic heterocycles. The van der Waals surface area contributed by atoms with E-state index in [2.05, 4.69) is 13.8 Å². The summed E-state index contributed by atoms with van der Waals surface area (Å²) in [6.07, 6.45) is 4.30. The molecule has 13 heavy (non-hydrogen) atoms. The van der Waals surface area contributed by atoms with Crippen LogP contribution in [0.1, 0.15) is 39.5 Å². The number of unbranched alkanes of at least 4 members (excludes halogenated alkanes) is 1. The first-order valence-electron chi connectivity index (χ1n) is 5.33. The standard InChI is InChI=1S/C10H24N2O/c1-3-5-8-13-10(4-2)9(12)6-7-11/h9-10H,3-8,11-12H2,1-2H3. The molecule has 0 aromatic carbocycles. The van der Waals surface area contributed by atoms with Crippen molar-refractivity contribution in [1.29, 1.82) is 0 Å². The van der Waals surface area contributed by atoms with E-state index in [9.17, 15) is 0 Å². The summed E-state index contributed by atoms with van der Waals surface area (Å²) in [5.41, 5.74) is 11.4. The van der Waals surface area contributed by atoms with Crippen molar-refractivity contribution in [2.45, 2.75) is 51.7 Å². The van der Waals surface area contributed by atoms with Gasteiger partial charge in [-0.25, -0.2) is 0 Å². The van der Waals surface area contributed by atoms with Gasteiger partial charge in [-0.15, -0.1) is 0 Å². The minimum atomic E-state index is 0.104. The quantitative estimate of drug-likeness (QED) is 0.564. The van der Waals surface area contributed by atoms with Gasteiger partial charge in [-0.2, -0.15) is 0 Å². The third kappa shape index (κ3) is 6.02. The van der Waals surface area contributed by atoms with E-state index in [1.165, 1.54) is 6.42 Å². The van der Waals surface area contributed by atoms with Gasteiger partial charge in [0.1, 0.15) is 0 Å². The second-order valence-corrected chi connectivity index (χ2v) is 3.41. The highest BCUT2D eigenvalue weighted by molar-refractivity contribution is 4.72. The van der Waals surface area contributed by atoms with Crippen molar-refractivity contribution in [3.05, 3.63) is 0 Å². The van der Waals surface area contributed by atoms with Gasteiger partial charge in [0.05, 0.1) is 6.10 Å². The molecule has 3 nitrogen and oxygen atoms in total. The van der Waals surface area contributed by atoms with Crippen molar-refractivity contribution in [3.63, 3.8) is 0 Å². The number of hydrogen-bond donors (Lipinski definition) is 2. The molecule has 0 aromatic heterocycles. The van der Waals surface area contributed by atoms with Crippen molar-refractivity contribution < 1.29 is 4.74 Å². The van der Waals surface area contributed by atoms with Crippen LogP contribution in [0.25, 0.3) is 0 Å². The Bertz CT molecular complexity index is 109. The average molecular weight is 188 g/mol. The monoisotopic (exact) mass is 188 g/mol. The Hall–Kier alpha value is -0.120. The van der Waals surface area contributed by atoms with E-state index in [0.29, 0.717) is 6.54 Å². The fourth-order valence-corrected chi connectivity index (χ4v) is 1.30. The molecule has 0 heterocycles. The van der Waals surface area contributed by atoms with Gasteiger partial charge in [0.25, 0.3) is 0 Å². The van der Waals surface area contributed by atoms with Crippen LogP contribution in [-0.4, -0.2) is 25.3 Å². The fraction of sp³-hybridized carbons (Fsp3) is 1.00. The molecule has 0 saturated heterocycles. The van der Waals surface area contributed by atoms with Crippen LogP contribution < -0.4 is 11.5 Å². The SMILES string of the molecule is CCCCOC(CC)C(N)CCN. The molecule has 2 atom stereocenters. The van der Waals surface area contributed by atoms with E-state index in [-0.39, 0.29) is 12.1 Å². The fourth-order valence-electron chi connectivity index (χ4n) is 1.30. The van der Waals surface area contributed by atoms with Crippen LogP contribution in [0.5, 0.6) is 0 Å². The lowest BCUT2D eigenvalue weighted by Crippen LogP contribution is -2.38. The molecule has 0 aliphatic rings. The van der Waals surface area contributed by atoms with Gasteiger partial charge in [0, 0.05) is 12.6 Å². The molecule has 4 N–H and O–H groups in total. The lowest BCUT2D eigenvalue weighted by molar-refractivity contribution is 0.0301. The van der Waals surface area contributed by atoms with E-state index >= 15 is 0 Å². The second-order valence-electron chi connectivity index (χ2n) is 3.41. The van der Waals surface area contributed by atoms with E-state index in [1.54, 1.807) is 0 Å². The maximum absolute atomic E-state index is 5.92. The molecule has 0 fully saturated rings. The summed E-state index contributed by atoms with van der Waals surface area (Å²) >= 11 is 0. The Morgan fingerprint density at radius 1 is 1.31 bits per heavy atom. The van der Waals surface area contributed by atoms with Crippen LogP contribution in [-0.2, 0) is 4.74 Å². The highest BCUT2D eigenvalue weighted by Crippen LogP contribution is 2.06. The number of rotatable bonds is 8. The molecule has 80 valence electrons. The molecule has 0 aliphatic carbocycles. The predicted octanol–water partition coefficient (Wildman–Crippen LogP) is 1.26. The summed E-state index contributed by atoms with van der Waals surface area (Å²) in [7, 11) is 0. The lowest BCUT2D eigenvalue weighted by atomic mass is 10.1. The summed E-state index contributed by atoms with van der Waals surface area (Å²) in [5.74, 6) is 0. The van der Waals surface area contributed by atoms with Gasteiger partial charge in [-0.05, 0) is 25.8 Å². The van der Waals surface area contributed by atoms with E-state index < -0.39 is 0 Å². The van der Waals surface area contributed by atoms with Gasteiger partial charge >= 0.3 is 0 Å². The zero-order chi connectivity index (χ0) is 10.1. The maximum atomic E-state index is 5.92. The minimum Gasteiger partial charge on any atom is -0.377 e. The van der Waals surface area contributed by atoms with E-state index in [0.717, 1.165) is 25.9 Å². The third-order valence-electron chi connectivity index (χ3n) is 2.21. The number of nitrogens with two attached hydrogens (primary N) is 2. The normalized spacial score (nSPS) is 15.7. The molecule has 0 bridgehead atoms. The molecular formula is C10H24N2O. The van der Waals surface area contributed by atoms with E-state index in [4.69, 9.17) is 16.2 Å². The van der Waals surface area contributed by atoms with Crippen LogP contribution in [0.3, 0.4) is 0 Å². The Morgan fingerprint density at radius 3 is 2.46 bits per heavy atom. The summed E-state index contributed by atoms with van der Waals surface area (Å²) in [5, 5.41) is 0. The summed E-state index contributed by atoms with van der Waals surface area (Å²) in [6, 6.07) is 0.104. The first-order chi connectivity index (χ1) is 6.26. The lowest BCUT2D eigenvalue weighted by Gasteiger charge is -2.22. The zero-order valence-electron chi connectivity index (χ0n) is 8.96. The van der Waals surface area contributed by atoms with Crippen molar-refractivity contribution in [2.24, 2.45) is 11.5 Å². The largest absolute Gasteiger partial charge is 0.377 e. The molecule has 0 saturated carbocycles. The molecular weight excluding hydrogens is 164 g/mol. The smallest absolute Gasteiger partial charge is 0.0723 e. The molecule has 0 spiro atoms. The number of ether oxygens (including phenoxy) is 1. The summed E-state index contributed by atoms with van der Waals surface area (Å²) in [6.45, 7) is 5.74. The van der Waals surface area contributed by atoms with Crippen molar-refractivity contribution >= 4 is 0 Å². The molecule has 0 amide bonds. The zero-order valence-corrected chi connectivity index (χ0v) is 8.96. The van der Waals surface area contributed by atoms with Gasteiger partial charge in [0.15, 0.2) is 0 Å². The molecule has 0 aromatic rings. The van der Waals surface area contributed by atoms with Crippen LogP contribution in [0, 0.1) is 0 Å². The average Bonchev–Trinajstić information content (AvgIpc) is 2.13. The van der Waals surface area contributed by atoms with Crippen molar-refractivity contribution in [2.75, 3.05) is 13.2 Å². The van der Waals surface area contributed by atoms with Crippen LogP contribution in [0.4, 0.5) is 0 Å². The van der Waals surface area contributed by atoms with Crippen LogP contribution >= 0.6 is 0 Å². The Morgan fingerprint density at radius 2 is 2.00 bits per heavy atom.